The lowest BCUT2D eigenvalue weighted by molar-refractivity contribution is 0.0773. The number of amides is 1. The lowest BCUT2D eigenvalue weighted by Crippen LogP contribution is -2.53. The Morgan fingerprint density at radius 3 is 2.25 bits per heavy atom. The van der Waals surface area contributed by atoms with Gasteiger partial charge >= 0.3 is 0 Å². The minimum Gasteiger partial charge on any atom is -0.497 e. The fourth-order valence-corrected chi connectivity index (χ4v) is 4.93. The molecule has 0 spiro atoms. The molecule has 4 rings (SSSR count). The van der Waals surface area contributed by atoms with Gasteiger partial charge in [-0.3, -0.25) is 9.69 Å². The fourth-order valence-electron chi connectivity index (χ4n) is 4.71. The Balaban J connectivity index is 0.000000275. The Hall–Kier alpha value is -3.30. The van der Waals surface area contributed by atoms with Gasteiger partial charge in [-0.2, -0.15) is 0 Å². The van der Waals surface area contributed by atoms with Crippen LogP contribution in [0.15, 0.2) is 72.8 Å². The average Bonchev–Trinajstić information content (AvgIpc) is 2.97. The normalized spacial score (nSPS) is 16.5. The van der Waals surface area contributed by atoms with E-state index < -0.39 is 0 Å². The van der Waals surface area contributed by atoms with Crippen molar-refractivity contribution in [2.45, 2.75) is 52.7 Å². The molecule has 2 atom stereocenters. The van der Waals surface area contributed by atoms with Gasteiger partial charge in [-0.05, 0) is 87.2 Å². The van der Waals surface area contributed by atoms with Crippen molar-refractivity contribution in [1.29, 1.82) is 0 Å². The van der Waals surface area contributed by atoms with Crippen molar-refractivity contribution in [3.8, 4) is 18.6 Å². The molecule has 1 fully saturated rings. The molecule has 214 valence electrons. The van der Waals surface area contributed by atoms with Crippen LogP contribution in [-0.4, -0.2) is 61.1 Å². The first kappa shape index (κ1) is 32.9. The third kappa shape index (κ3) is 10.4. The van der Waals surface area contributed by atoms with Gasteiger partial charge in [0.1, 0.15) is 5.75 Å². The second-order valence-corrected chi connectivity index (χ2v) is 10.4. The molecule has 0 aromatic heterocycles. The highest BCUT2D eigenvalue weighted by molar-refractivity contribution is 6.30. The maximum atomic E-state index is 12.4. The molecule has 3 aromatic rings. The molecule has 0 bridgehead atoms. The van der Waals surface area contributed by atoms with E-state index in [1.807, 2.05) is 67.3 Å². The highest BCUT2D eigenvalue weighted by Crippen LogP contribution is 2.18. The largest absolute Gasteiger partial charge is 0.497 e. The third-order valence-electron chi connectivity index (χ3n) is 6.94. The Bertz CT molecular complexity index is 1210. The summed E-state index contributed by atoms with van der Waals surface area (Å²) in [5, 5.41) is 4.32. The van der Waals surface area contributed by atoms with E-state index in [-0.39, 0.29) is 5.91 Å². The first-order valence-electron chi connectivity index (χ1n) is 13.9. The van der Waals surface area contributed by atoms with Gasteiger partial charge in [0, 0.05) is 55.4 Å². The number of rotatable bonds is 8. The van der Waals surface area contributed by atoms with Crippen LogP contribution in [0.3, 0.4) is 0 Å². The molecule has 1 N–H and O–H groups in total. The summed E-state index contributed by atoms with van der Waals surface area (Å²) < 4.78 is 5.25. The van der Waals surface area contributed by atoms with E-state index in [4.69, 9.17) is 16.3 Å². The second kappa shape index (κ2) is 17.4. The molecule has 40 heavy (non-hydrogen) atoms. The van der Waals surface area contributed by atoms with Gasteiger partial charge in [0.2, 0.25) is 0 Å². The highest BCUT2D eigenvalue weighted by Gasteiger charge is 2.22. The quantitative estimate of drug-likeness (QED) is 0.317. The zero-order chi connectivity index (χ0) is 29.5. The maximum absolute atomic E-state index is 12.4. The zero-order valence-corrected chi connectivity index (χ0v) is 25.3. The van der Waals surface area contributed by atoms with Gasteiger partial charge in [0.05, 0.1) is 7.11 Å². The summed E-state index contributed by atoms with van der Waals surface area (Å²) in [5.41, 5.74) is 4.36. The van der Waals surface area contributed by atoms with Gasteiger partial charge in [0.15, 0.2) is 0 Å². The molecule has 1 aliphatic heterocycles. The Morgan fingerprint density at radius 2 is 1.60 bits per heavy atom. The maximum Gasteiger partial charge on any atom is 0.253 e. The number of carbonyl (C=O) groups excluding carboxylic acids is 1. The summed E-state index contributed by atoms with van der Waals surface area (Å²) in [6.07, 6.45) is 8.79. The number of hydrogen-bond acceptors (Lipinski definition) is 4. The number of carbonyl (C=O) groups is 1. The van der Waals surface area contributed by atoms with Gasteiger partial charge < -0.3 is 15.0 Å². The van der Waals surface area contributed by atoms with Crippen LogP contribution in [0, 0.1) is 12.8 Å². The molecular formula is C34H44ClN3O2. The summed E-state index contributed by atoms with van der Waals surface area (Å²) >= 11 is 6.00. The van der Waals surface area contributed by atoms with Gasteiger partial charge in [0.25, 0.3) is 5.91 Å². The molecular weight excluding hydrogens is 518 g/mol. The number of nitrogens with one attached hydrogen (secondary N) is 1. The van der Waals surface area contributed by atoms with Crippen LogP contribution >= 0.6 is 11.6 Å². The van der Waals surface area contributed by atoms with Crippen molar-refractivity contribution in [3.63, 3.8) is 0 Å². The summed E-state index contributed by atoms with van der Waals surface area (Å²) in [4.78, 5) is 16.8. The number of terminal acetylenes is 1. The first-order chi connectivity index (χ1) is 19.3. The third-order valence-corrected chi connectivity index (χ3v) is 7.17. The highest BCUT2D eigenvalue weighted by atomic mass is 35.5. The van der Waals surface area contributed by atoms with Crippen molar-refractivity contribution >= 4 is 17.5 Å². The molecule has 6 heteroatoms. The van der Waals surface area contributed by atoms with E-state index in [1.165, 1.54) is 11.1 Å². The van der Waals surface area contributed by atoms with Crippen molar-refractivity contribution < 1.29 is 9.53 Å². The molecule has 1 saturated heterocycles. The topological polar surface area (TPSA) is 44.8 Å². The molecule has 0 unspecified atom stereocenters. The zero-order valence-electron chi connectivity index (χ0n) is 24.6. The van der Waals surface area contributed by atoms with Gasteiger partial charge in [-0.25, -0.2) is 0 Å². The van der Waals surface area contributed by atoms with Gasteiger partial charge in [-0.15, -0.1) is 12.8 Å². The van der Waals surface area contributed by atoms with Crippen LogP contribution in [0.2, 0.25) is 5.02 Å². The van der Waals surface area contributed by atoms with E-state index in [2.05, 4.69) is 61.2 Å². The predicted molar refractivity (Wildman–Crippen MR) is 168 cm³/mol. The van der Waals surface area contributed by atoms with Crippen LogP contribution in [-0.2, 0) is 13.0 Å². The Labute approximate surface area is 246 Å². The van der Waals surface area contributed by atoms with Crippen molar-refractivity contribution in [2.75, 3.05) is 33.3 Å². The minimum absolute atomic E-state index is 0.0949. The predicted octanol–water partition coefficient (Wildman–Crippen LogP) is 6.54. The first-order valence-corrected chi connectivity index (χ1v) is 14.3. The number of nitrogens with zero attached hydrogens (tertiary/aromatic N) is 2. The monoisotopic (exact) mass is 561 g/mol. The van der Waals surface area contributed by atoms with E-state index in [0.29, 0.717) is 12.1 Å². The van der Waals surface area contributed by atoms with Gasteiger partial charge in [-0.1, -0.05) is 48.0 Å². The summed E-state index contributed by atoms with van der Waals surface area (Å²) in [6.45, 7) is 13.1. The lowest BCUT2D eigenvalue weighted by Gasteiger charge is -2.37. The molecule has 0 radical (unpaired) electrons. The van der Waals surface area contributed by atoms with Crippen LogP contribution < -0.4 is 10.1 Å². The molecule has 5 nitrogen and oxygen atoms in total. The standard InChI is InChI=1S/C19H23NO2.C13H19ClN2.C2H2/c1-4-20(5-2)19(21)17-10-6-8-15(13-17)12-16-9-7-11-18(14-16)22-3;1-10-8-16(11(2)7-15-10)9-12-4-3-5-13(14)6-12;1-2/h6-11,13-14H,4-5,12H2,1-3H3;3-6,10-11,15H,7-9H2,1-2H3;1-2H/t;10-,11+;/m.0./s1. The Kier molecular flexibility index (Phi) is 14.3. The molecule has 0 saturated carbocycles. The van der Waals surface area contributed by atoms with Crippen molar-refractivity contribution in [3.05, 3.63) is 100 Å². The van der Waals surface area contributed by atoms with E-state index in [1.54, 1.807) is 7.11 Å². The second-order valence-electron chi connectivity index (χ2n) is 9.92. The van der Waals surface area contributed by atoms with Crippen molar-refractivity contribution in [2.24, 2.45) is 0 Å². The van der Waals surface area contributed by atoms with Crippen molar-refractivity contribution in [1.82, 2.24) is 15.1 Å². The molecule has 1 aliphatic rings. The average molecular weight is 562 g/mol. The molecule has 0 aliphatic carbocycles. The SMILES string of the molecule is C#C.CCN(CC)C(=O)c1cccc(Cc2cccc(OC)c2)c1.C[C@@H]1CN[C@@H](C)CN1Cc1cccc(Cl)c1. The Morgan fingerprint density at radius 1 is 0.975 bits per heavy atom. The molecule has 1 heterocycles. The van der Waals surface area contributed by atoms with E-state index in [9.17, 15) is 4.79 Å². The number of ether oxygens (including phenoxy) is 1. The number of piperazine rings is 1. The van der Waals surface area contributed by atoms with Crippen LogP contribution in [0.4, 0.5) is 0 Å². The number of benzene rings is 3. The smallest absolute Gasteiger partial charge is 0.253 e. The van der Waals surface area contributed by atoms with Crippen LogP contribution in [0.1, 0.15) is 54.7 Å². The van der Waals surface area contributed by atoms with Crippen LogP contribution in [0.25, 0.3) is 0 Å². The van der Waals surface area contributed by atoms with E-state index in [0.717, 1.165) is 61.0 Å². The summed E-state index contributed by atoms with van der Waals surface area (Å²) in [5.74, 6) is 0.949. The molecule has 3 aromatic carbocycles. The summed E-state index contributed by atoms with van der Waals surface area (Å²) in [6, 6.07) is 25.2. The van der Waals surface area contributed by atoms with Crippen LogP contribution in [0.5, 0.6) is 5.75 Å². The summed E-state index contributed by atoms with van der Waals surface area (Å²) in [7, 11) is 1.67. The van der Waals surface area contributed by atoms with E-state index >= 15 is 0 Å². The number of methoxy groups -OCH3 is 1. The number of halogens is 1. The molecule has 1 amide bonds. The number of hydrogen-bond donors (Lipinski definition) is 1. The fraction of sp³-hybridized carbons (Fsp3) is 0.382. The lowest BCUT2D eigenvalue weighted by atomic mass is 10.0. The minimum atomic E-state index is 0.0949.